The molecule has 6 nitrogen and oxygen atoms in total. The van der Waals surface area contributed by atoms with Crippen LogP contribution in [0.15, 0.2) is 42.5 Å². The molecule has 0 bridgehead atoms. The maximum absolute atomic E-state index is 12.9. The molecule has 4 rings (SSSR count). The van der Waals surface area contributed by atoms with Gasteiger partial charge in [-0.2, -0.15) is 5.10 Å². The highest BCUT2D eigenvalue weighted by Crippen LogP contribution is 2.24. The van der Waals surface area contributed by atoms with Gasteiger partial charge in [0.1, 0.15) is 12.6 Å². The molecule has 1 atom stereocenters. The summed E-state index contributed by atoms with van der Waals surface area (Å²) in [5.74, 6) is 0.0623. The molecular weight excluding hydrogens is 388 g/mol. The normalized spacial score (nSPS) is 16.5. The Morgan fingerprint density at radius 2 is 1.90 bits per heavy atom. The summed E-state index contributed by atoms with van der Waals surface area (Å²) in [6, 6.07) is 14.7. The molecule has 3 aromatic rings. The largest absolute Gasteiger partial charge is 0.368 e. The summed E-state index contributed by atoms with van der Waals surface area (Å²) in [7, 11) is 0. The van der Waals surface area contributed by atoms with Crippen LogP contribution in [0, 0.1) is 27.7 Å². The van der Waals surface area contributed by atoms with Gasteiger partial charge in [0.25, 0.3) is 0 Å². The highest BCUT2D eigenvalue weighted by atomic mass is 16.5. The molecule has 1 amide bonds. The number of carbonyl (C=O) groups excluding carboxylic acids is 1. The number of aryl methyl sites for hydroxylation is 4. The number of rotatable bonds is 5. The second-order valence-electron chi connectivity index (χ2n) is 8.43. The van der Waals surface area contributed by atoms with E-state index in [1.54, 1.807) is 4.68 Å². The summed E-state index contributed by atoms with van der Waals surface area (Å²) in [5.41, 5.74) is 7.60. The molecule has 3 heterocycles. The smallest absolute Gasteiger partial charge is 0.244 e. The van der Waals surface area contributed by atoms with Gasteiger partial charge < -0.3 is 9.64 Å². The van der Waals surface area contributed by atoms with Crippen molar-refractivity contribution >= 4 is 5.91 Å². The quantitative estimate of drug-likeness (QED) is 0.634. The van der Waals surface area contributed by atoms with Crippen LogP contribution in [0.4, 0.5) is 0 Å². The molecule has 0 N–H and O–H groups in total. The van der Waals surface area contributed by atoms with Gasteiger partial charge in [-0.25, -0.2) is 0 Å². The van der Waals surface area contributed by atoms with E-state index in [-0.39, 0.29) is 18.6 Å². The van der Waals surface area contributed by atoms with Gasteiger partial charge in [-0.15, -0.1) is 0 Å². The molecule has 162 valence electrons. The Labute approximate surface area is 183 Å². The van der Waals surface area contributed by atoms with Gasteiger partial charge in [0.15, 0.2) is 0 Å². The van der Waals surface area contributed by atoms with E-state index in [1.807, 2.05) is 31.7 Å². The van der Waals surface area contributed by atoms with Crippen LogP contribution < -0.4 is 0 Å². The first-order chi connectivity index (χ1) is 14.9. The van der Waals surface area contributed by atoms with Crippen LogP contribution in [-0.4, -0.2) is 45.3 Å². The summed E-state index contributed by atoms with van der Waals surface area (Å²) in [6.45, 7) is 9.94. The third kappa shape index (κ3) is 5.02. The Morgan fingerprint density at radius 1 is 1.10 bits per heavy atom. The Bertz CT molecular complexity index is 1090. The van der Waals surface area contributed by atoms with Crippen LogP contribution in [0.25, 0.3) is 0 Å². The SMILES string of the molecule is Cc1cc(Cc2ccccc2C)cc(C2CN(C(=O)Cn3nc(C)cc3C)CCO2)n1. The van der Waals surface area contributed by atoms with Crippen molar-refractivity contribution in [3.8, 4) is 0 Å². The van der Waals surface area contributed by atoms with Gasteiger partial charge in [0, 0.05) is 17.9 Å². The van der Waals surface area contributed by atoms with Gasteiger partial charge in [0.05, 0.1) is 24.5 Å². The van der Waals surface area contributed by atoms with Crippen LogP contribution >= 0.6 is 0 Å². The second-order valence-corrected chi connectivity index (χ2v) is 8.43. The first-order valence-electron chi connectivity index (χ1n) is 10.8. The number of aromatic nitrogens is 3. The molecule has 1 aliphatic rings. The lowest BCUT2D eigenvalue weighted by Crippen LogP contribution is -2.44. The fourth-order valence-electron chi connectivity index (χ4n) is 4.18. The molecule has 0 spiro atoms. The molecule has 1 unspecified atom stereocenters. The lowest BCUT2D eigenvalue weighted by molar-refractivity contribution is -0.140. The van der Waals surface area contributed by atoms with Crippen LogP contribution in [0.1, 0.15) is 45.6 Å². The molecule has 1 aromatic carbocycles. The van der Waals surface area contributed by atoms with Gasteiger partial charge in [-0.05, 0) is 69.0 Å². The lowest BCUT2D eigenvalue weighted by atomic mass is 9.99. The van der Waals surface area contributed by atoms with Gasteiger partial charge >= 0.3 is 0 Å². The summed E-state index contributed by atoms with van der Waals surface area (Å²) < 4.78 is 7.80. The summed E-state index contributed by atoms with van der Waals surface area (Å²) in [5, 5.41) is 4.42. The fourth-order valence-corrected chi connectivity index (χ4v) is 4.18. The van der Waals surface area contributed by atoms with Crippen molar-refractivity contribution in [3.63, 3.8) is 0 Å². The van der Waals surface area contributed by atoms with E-state index in [4.69, 9.17) is 9.72 Å². The molecule has 0 radical (unpaired) electrons. The first-order valence-corrected chi connectivity index (χ1v) is 10.8. The predicted molar refractivity (Wildman–Crippen MR) is 120 cm³/mol. The summed E-state index contributed by atoms with van der Waals surface area (Å²) in [4.78, 5) is 19.5. The maximum Gasteiger partial charge on any atom is 0.244 e. The molecule has 1 fully saturated rings. The third-order valence-corrected chi connectivity index (χ3v) is 5.83. The Morgan fingerprint density at radius 3 is 2.65 bits per heavy atom. The van der Waals surface area contributed by atoms with Crippen molar-refractivity contribution in [1.29, 1.82) is 0 Å². The van der Waals surface area contributed by atoms with E-state index in [0.717, 1.165) is 29.2 Å². The summed E-state index contributed by atoms with van der Waals surface area (Å²) >= 11 is 0. The number of hydrogen-bond acceptors (Lipinski definition) is 4. The van der Waals surface area contributed by atoms with Crippen molar-refractivity contribution in [2.24, 2.45) is 0 Å². The van der Waals surface area contributed by atoms with Crippen molar-refractivity contribution in [2.45, 2.75) is 46.8 Å². The number of carbonyl (C=O) groups is 1. The standard InChI is InChI=1S/C25H30N4O2/c1-17-7-5-6-8-22(17)13-21-12-18(2)26-23(14-21)24-15-28(9-10-31-24)25(30)16-29-20(4)11-19(3)27-29/h5-8,11-12,14,24H,9-10,13,15-16H2,1-4H3. The second kappa shape index (κ2) is 9.02. The number of morpholine rings is 1. The minimum absolute atomic E-state index is 0.0623. The molecule has 1 aliphatic heterocycles. The fraction of sp³-hybridized carbons (Fsp3) is 0.400. The zero-order chi connectivity index (χ0) is 22.0. The first kappa shape index (κ1) is 21.2. The molecule has 2 aromatic heterocycles. The average molecular weight is 419 g/mol. The molecule has 31 heavy (non-hydrogen) atoms. The van der Waals surface area contributed by atoms with Gasteiger partial charge in [-0.3, -0.25) is 14.5 Å². The number of amides is 1. The molecule has 0 aliphatic carbocycles. The third-order valence-electron chi connectivity index (χ3n) is 5.83. The Balaban J connectivity index is 1.49. The Hall–Kier alpha value is -2.99. The van der Waals surface area contributed by atoms with Crippen molar-refractivity contribution in [1.82, 2.24) is 19.7 Å². The van der Waals surface area contributed by atoms with Gasteiger partial charge in [0.2, 0.25) is 5.91 Å². The van der Waals surface area contributed by atoms with Crippen LogP contribution in [0.2, 0.25) is 0 Å². The number of pyridine rings is 1. The zero-order valence-electron chi connectivity index (χ0n) is 18.8. The predicted octanol–water partition coefficient (Wildman–Crippen LogP) is 3.70. The average Bonchev–Trinajstić information content (AvgIpc) is 3.06. The minimum Gasteiger partial charge on any atom is -0.368 e. The number of ether oxygens (including phenoxy) is 1. The van der Waals surface area contributed by atoms with Crippen LogP contribution in [-0.2, 0) is 22.5 Å². The van der Waals surface area contributed by atoms with Crippen molar-refractivity contribution < 1.29 is 9.53 Å². The monoisotopic (exact) mass is 418 g/mol. The van der Waals surface area contributed by atoms with Gasteiger partial charge in [-0.1, -0.05) is 24.3 Å². The van der Waals surface area contributed by atoms with Crippen molar-refractivity contribution in [2.75, 3.05) is 19.7 Å². The number of benzene rings is 1. The maximum atomic E-state index is 12.9. The molecule has 0 saturated carbocycles. The highest BCUT2D eigenvalue weighted by molar-refractivity contribution is 5.76. The lowest BCUT2D eigenvalue weighted by Gasteiger charge is -2.33. The topological polar surface area (TPSA) is 60.2 Å². The van der Waals surface area contributed by atoms with E-state index < -0.39 is 0 Å². The molecule has 6 heteroatoms. The Kier molecular flexibility index (Phi) is 6.18. The van der Waals surface area contributed by atoms with Crippen LogP contribution in [0.5, 0.6) is 0 Å². The van der Waals surface area contributed by atoms with E-state index >= 15 is 0 Å². The highest BCUT2D eigenvalue weighted by Gasteiger charge is 2.27. The van der Waals surface area contributed by atoms with Crippen LogP contribution in [0.3, 0.4) is 0 Å². The molecule has 1 saturated heterocycles. The number of nitrogens with zero attached hydrogens (tertiary/aromatic N) is 4. The summed E-state index contributed by atoms with van der Waals surface area (Å²) in [6.07, 6.45) is 0.643. The van der Waals surface area contributed by atoms with E-state index in [1.165, 1.54) is 16.7 Å². The van der Waals surface area contributed by atoms with E-state index in [2.05, 4.69) is 48.4 Å². The zero-order valence-corrected chi connectivity index (χ0v) is 18.8. The van der Waals surface area contributed by atoms with E-state index in [9.17, 15) is 4.79 Å². The minimum atomic E-state index is -0.214. The van der Waals surface area contributed by atoms with E-state index in [0.29, 0.717) is 19.7 Å². The molecular formula is C25H30N4O2. The number of hydrogen-bond donors (Lipinski definition) is 0. The van der Waals surface area contributed by atoms with Crippen molar-refractivity contribution in [3.05, 3.63) is 81.9 Å².